The highest BCUT2D eigenvalue weighted by Gasteiger charge is 2.46. The number of imide groups is 2. The Kier molecular flexibility index (Phi) is 10.4. The molecular formula is C39H39ClN6O6S. The van der Waals surface area contributed by atoms with Crippen LogP contribution in [0.25, 0.3) is 5.00 Å². The van der Waals surface area contributed by atoms with Crippen molar-refractivity contribution in [2.24, 2.45) is 4.99 Å². The summed E-state index contributed by atoms with van der Waals surface area (Å²) < 4.78 is 8.01. The number of amides is 4. The van der Waals surface area contributed by atoms with Crippen LogP contribution < -0.4 is 10.1 Å². The fourth-order valence-corrected chi connectivity index (χ4v) is 8.53. The van der Waals surface area contributed by atoms with Gasteiger partial charge in [-0.1, -0.05) is 49.1 Å². The van der Waals surface area contributed by atoms with E-state index in [1.54, 1.807) is 29.5 Å². The van der Waals surface area contributed by atoms with Crippen molar-refractivity contribution in [2.45, 2.75) is 90.6 Å². The third-order valence-corrected chi connectivity index (χ3v) is 11.5. The number of piperidine rings is 1. The first-order valence-electron chi connectivity index (χ1n) is 17.9. The zero-order valence-corrected chi connectivity index (χ0v) is 31.3. The summed E-state index contributed by atoms with van der Waals surface area (Å²) in [4.78, 5) is 71.1. The number of nitrogens with one attached hydrogen (secondary N) is 1. The van der Waals surface area contributed by atoms with Gasteiger partial charge in [-0.05, 0) is 69.9 Å². The number of fused-ring (bicyclic) bond motifs is 4. The second-order valence-electron chi connectivity index (χ2n) is 13.6. The van der Waals surface area contributed by atoms with E-state index in [0.29, 0.717) is 29.6 Å². The summed E-state index contributed by atoms with van der Waals surface area (Å²) in [6.07, 6.45) is 4.91. The van der Waals surface area contributed by atoms with E-state index in [-0.39, 0.29) is 36.2 Å². The number of carbonyl (C=O) groups excluding carboxylic acids is 5. The lowest BCUT2D eigenvalue weighted by atomic mass is 9.99. The average Bonchev–Trinajstić information content (AvgIpc) is 3.71. The Balaban J connectivity index is 0.917. The molecule has 1 fully saturated rings. The number of aliphatic imine (C=N–C) groups is 1. The predicted molar refractivity (Wildman–Crippen MR) is 199 cm³/mol. The molecule has 1 saturated heterocycles. The van der Waals surface area contributed by atoms with Crippen LogP contribution in [-0.4, -0.2) is 67.4 Å². The Bertz CT molecular complexity index is 2170. The van der Waals surface area contributed by atoms with Crippen LogP contribution in [0.15, 0.2) is 47.5 Å². The number of unbranched alkanes of at least 4 members (excludes halogenated alkanes) is 4. The average molecular weight is 755 g/mol. The van der Waals surface area contributed by atoms with Crippen LogP contribution in [0.2, 0.25) is 5.02 Å². The molecule has 5 heterocycles. The second-order valence-corrected chi connectivity index (χ2v) is 15.3. The van der Waals surface area contributed by atoms with Gasteiger partial charge in [0, 0.05) is 40.3 Å². The maximum Gasteiger partial charge on any atom is 0.266 e. The molecule has 4 amide bonds. The number of aryl methyl sites for hydroxylation is 2. The van der Waals surface area contributed by atoms with Crippen molar-refractivity contribution in [1.82, 2.24) is 25.0 Å². The van der Waals surface area contributed by atoms with Crippen LogP contribution in [-0.2, 0) is 14.4 Å². The number of thiophene rings is 1. The molecule has 12 nitrogen and oxygen atoms in total. The lowest BCUT2D eigenvalue weighted by Crippen LogP contribution is -2.54. The van der Waals surface area contributed by atoms with Crippen molar-refractivity contribution < 1.29 is 28.7 Å². The number of benzene rings is 2. The molecule has 1 unspecified atom stereocenters. The lowest BCUT2D eigenvalue weighted by molar-refractivity contribution is -0.136. The molecule has 3 aliphatic heterocycles. The van der Waals surface area contributed by atoms with Gasteiger partial charge in [-0.3, -0.25) is 43.7 Å². The van der Waals surface area contributed by atoms with E-state index >= 15 is 0 Å². The van der Waals surface area contributed by atoms with Gasteiger partial charge in [0.2, 0.25) is 11.8 Å². The summed E-state index contributed by atoms with van der Waals surface area (Å²) in [6.45, 7) is 6.46. The summed E-state index contributed by atoms with van der Waals surface area (Å²) in [6, 6.07) is 11.0. The van der Waals surface area contributed by atoms with Crippen LogP contribution in [0.1, 0.15) is 118 Å². The largest absolute Gasteiger partial charge is 0.493 e. The Labute approximate surface area is 315 Å². The Hall–Kier alpha value is -5.01. The number of nitrogens with zero attached hydrogens (tertiary/aromatic N) is 5. The van der Waals surface area contributed by atoms with Crippen LogP contribution in [0, 0.1) is 20.8 Å². The fourth-order valence-electron chi connectivity index (χ4n) is 7.19. The molecular weight excluding hydrogens is 716 g/mol. The van der Waals surface area contributed by atoms with Gasteiger partial charge in [0.05, 0.1) is 23.4 Å². The highest BCUT2D eigenvalue weighted by atomic mass is 35.5. The van der Waals surface area contributed by atoms with Crippen LogP contribution in [0.5, 0.6) is 5.75 Å². The summed E-state index contributed by atoms with van der Waals surface area (Å²) in [5, 5.41) is 12.8. The zero-order chi connectivity index (χ0) is 37.4. The van der Waals surface area contributed by atoms with Crippen LogP contribution in [0.4, 0.5) is 0 Å². The zero-order valence-electron chi connectivity index (χ0n) is 29.7. The second kappa shape index (κ2) is 15.2. The minimum atomic E-state index is -1.03. The molecule has 3 aliphatic rings. The van der Waals surface area contributed by atoms with Gasteiger partial charge in [-0.2, -0.15) is 0 Å². The summed E-state index contributed by atoms with van der Waals surface area (Å²) in [7, 11) is 0. The third-order valence-electron chi connectivity index (χ3n) is 10.1. The number of carbonyl (C=O) groups is 5. The van der Waals surface area contributed by atoms with Crippen LogP contribution >= 0.6 is 22.9 Å². The van der Waals surface area contributed by atoms with Gasteiger partial charge in [0.1, 0.15) is 34.4 Å². The van der Waals surface area contributed by atoms with Gasteiger partial charge >= 0.3 is 0 Å². The van der Waals surface area contributed by atoms with Gasteiger partial charge in [-0.15, -0.1) is 21.5 Å². The Morgan fingerprint density at radius 1 is 0.943 bits per heavy atom. The first kappa shape index (κ1) is 36.4. The van der Waals surface area contributed by atoms with E-state index in [1.807, 2.05) is 31.2 Å². The SMILES string of the molecule is Cc1sc2c(c1C)C(c1ccc(Cl)cc1)=N[C@@H](CC(=O)CCCCCCCOc1cccc3c1C(=O)N(C1CCC(=O)NC1=O)C3=O)c1nnc(C)n1-2. The van der Waals surface area contributed by atoms with E-state index in [1.165, 1.54) is 4.88 Å². The van der Waals surface area contributed by atoms with Gasteiger partial charge in [-0.25, -0.2) is 0 Å². The third kappa shape index (κ3) is 7.07. The number of hydrogen-bond donors (Lipinski definition) is 1. The highest BCUT2D eigenvalue weighted by molar-refractivity contribution is 7.15. The molecule has 2 atom stereocenters. The minimum Gasteiger partial charge on any atom is -0.493 e. The molecule has 274 valence electrons. The van der Waals surface area contributed by atoms with E-state index in [9.17, 15) is 24.0 Å². The maximum absolute atomic E-state index is 13.4. The van der Waals surface area contributed by atoms with E-state index < -0.39 is 35.7 Å². The lowest BCUT2D eigenvalue weighted by Gasteiger charge is -2.27. The minimum absolute atomic E-state index is 0.0576. The van der Waals surface area contributed by atoms with Crippen molar-refractivity contribution in [3.05, 3.63) is 91.8 Å². The monoisotopic (exact) mass is 754 g/mol. The van der Waals surface area contributed by atoms with Crippen molar-refractivity contribution in [1.29, 1.82) is 0 Å². The molecule has 0 spiro atoms. The number of aromatic nitrogens is 3. The summed E-state index contributed by atoms with van der Waals surface area (Å²) in [5.41, 5.74) is 4.26. The quantitative estimate of drug-likeness (QED) is 0.119. The molecule has 4 aromatic rings. The first-order valence-corrected chi connectivity index (χ1v) is 19.1. The molecule has 0 bridgehead atoms. The van der Waals surface area contributed by atoms with Gasteiger partial charge in [0.15, 0.2) is 5.82 Å². The highest BCUT2D eigenvalue weighted by Crippen LogP contribution is 2.40. The maximum atomic E-state index is 13.4. The molecule has 7 rings (SSSR count). The van der Waals surface area contributed by atoms with Gasteiger partial charge in [0.25, 0.3) is 11.8 Å². The number of ether oxygens (including phenoxy) is 1. The molecule has 1 N–H and O–H groups in total. The van der Waals surface area contributed by atoms with Gasteiger partial charge < -0.3 is 4.74 Å². The van der Waals surface area contributed by atoms with Crippen molar-refractivity contribution in [3.8, 4) is 10.8 Å². The Morgan fingerprint density at radius 3 is 2.47 bits per heavy atom. The predicted octanol–water partition coefficient (Wildman–Crippen LogP) is 6.58. The van der Waals surface area contributed by atoms with E-state index in [4.69, 9.17) is 21.3 Å². The molecule has 14 heteroatoms. The van der Waals surface area contributed by atoms with Crippen LogP contribution in [0.3, 0.4) is 0 Å². The molecule has 0 aliphatic carbocycles. The van der Waals surface area contributed by atoms with Crippen molar-refractivity contribution in [2.75, 3.05) is 6.61 Å². The summed E-state index contributed by atoms with van der Waals surface area (Å²) in [5.74, 6) is -0.388. The molecule has 2 aromatic carbocycles. The molecule has 0 saturated carbocycles. The number of hydrogen-bond acceptors (Lipinski definition) is 10. The summed E-state index contributed by atoms with van der Waals surface area (Å²) >= 11 is 7.90. The van der Waals surface area contributed by atoms with E-state index in [2.05, 4.69) is 33.9 Å². The number of ketones is 1. The standard InChI is InChI=1S/C39H39ClN6O6S/c1-21-22(2)53-39-32(21)34(24-13-15-25(40)16-14-24)41-28(35-44-43-23(3)45(35)39)20-26(47)10-7-5-4-6-8-19-52-30-12-9-11-27-33(30)38(51)46(37(27)50)29-17-18-31(48)42-36(29)49/h9,11-16,28-29H,4-8,10,17-20H2,1-3H3,(H,42,48,49)/t28-,29?/m0/s1. The van der Waals surface area contributed by atoms with Crippen molar-refractivity contribution in [3.63, 3.8) is 0 Å². The number of rotatable bonds is 13. The number of halogens is 1. The first-order chi connectivity index (χ1) is 25.5. The smallest absolute Gasteiger partial charge is 0.266 e. The molecule has 0 radical (unpaired) electrons. The molecule has 2 aromatic heterocycles. The molecule has 53 heavy (non-hydrogen) atoms. The van der Waals surface area contributed by atoms with Crippen molar-refractivity contribution >= 4 is 58.1 Å². The topological polar surface area (TPSA) is 153 Å². The van der Waals surface area contributed by atoms with E-state index in [0.717, 1.165) is 70.2 Å². The fraction of sp³-hybridized carbons (Fsp3) is 0.385. The Morgan fingerprint density at radius 2 is 1.70 bits per heavy atom. The number of Topliss-reactive ketones (excluding diaryl/α,β-unsaturated/α-hetero) is 1. The normalized spacial score (nSPS) is 18.0.